The lowest BCUT2D eigenvalue weighted by Gasteiger charge is -2.04. The first-order valence-electron chi connectivity index (χ1n) is 6.78. The molecule has 0 amide bonds. The van der Waals surface area contributed by atoms with Gasteiger partial charge < -0.3 is 5.32 Å². The first-order valence-corrected chi connectivity index (χ1v) is 7.59. The fourth-order valence-corrected chi connectivity index (χ4v) is 2.79. The molecule has 19 heavy (non-hydrogen) atoms. The largest absolute Gasteiger partial charge is 0.320 e. The maximum absolute atomic E-state index is 4.29. The number of aromatic nitrogens is 2. The lowest BCUT2D eigenvalue weighted by atomic mass is 10.0. The van der Waals surface area contributed by atoms with Crippen molar-refractivity contribution < 1.29 is 0 Å². The molecular weight excluding hydrogens is 254 g/mol. The fraction of sp³-hybridized carbons (Fsp3) is 0.467. The topological polar surface area (TPSA) is 37.8 Å². The van der Waals surface area contributed by atoms with Crippen LogP contribution in [-0.2, 0) is 6.42 Å². The summed E-state index contributed by atoms with van der Waals surface area (Å²) in [6.45, 7) is 5.44. The molecule has 1 aromatic heterocycles. The minimum Gasteiger partial charge on any atom is -0.320 e. The highest BCUT2D eigenvalue weighted by Gasteiger charge is 2.07. The smallest absolute Gasteiger partial charge is 0.147 e. The highest BCUT2D eigenvalue weighted by Crippen LogP contribution is 2.25. The Morgan fingerprint density at radius 3 is 2.53 bits per heavy atom. The molecule has 0 saturated heterocycles. The van der Waals surface area contributed by atoms with Gasteiger partial charge in [0.25, 0.3) is 0 Å². The molecule has 0 atom stereocenters. The van der Waals surface area contributed by atoms with E-state index in [2.05, 4.69) is 53.6 Å². The Hall–Kier alpha value is -1.26. The number of benzene rings is 1. The van der Waals surface area contributed by atoms with Crippen LogP contribution in [0, 0.1) is 0 Å². The van der Waals surface area contributed by atoms with E-state index in [9.17, 15) is 0 Å². The molecule has 1 N–H and O–H groups in total. The molecule has 3 nitrogen and oxygen atoms in total. The van der Waals surface area contributed by atoms with Gasteiger partial charge in [0.1, 0.15) is 10.0 Å². The van der Waals surface area contributed by atoms with E-state index in [1.807, 2.05) is 7.05 Å². The van der Waals surface area contributed by atoms with Gasteiger partial charge in [-0.3, -0.25) is 0 Å². The zero-order valence-corrected chi connectivity index (χ0v) is 12.6. The van der Waals surface area contributed by atoms with Crippen molar-refractivity contribution in [3.63, 3.8) is 0 Å². The zero-order chi connectivity index (χ0) is 13.7. The summed E-state index contributed by atoms with van der Waals surface area (Å²) in [5.74, 6) is 0.570. The molecule has 0 spiro atoms. The first kappa shape index (κ1) is 14.2. The van der Waals surface area contributed by atoms with Crippen LogP contribution in [0.3, 0.4) is 0 Å². The van der Waals surface area contributed by atoms with Gasteiger partial charge in [-0.15, -0.1) is 10.2 Å². The fourth-order valence-electron chi connectivity index (χ4n) is 1.90. The molecule has 2 aromatic rings. The summed E-state index contributed by atoms with van der Waals surface area (Å²) < 4.78 is 0. The average molecular weight is 275 g/mol. The molecule has 0 aliphatic rings. The second kappa shape index (κ2) is 6.78. The van der Waals surface area contributed by atoms with Gasteiger partial charge in [-0.25, -0.2) is 0 Å². The number of hydrogen-bond acceptors (Lipinski definition) is 4. The van der Waals surface area contributed by atoms with Crippen molar-refractivity contribution in [2.75, 3.05) is 13.6 Å². The summed E-state index contributed by atoms with van der Waals surface area (Å²) in [5.41, 5.74) is 2.53. The molecule has 1 heterocycles. The Kier molecular flexibility index (Phi) is 5.05. The van der Waals surface area contributed by atoms with Crippen LogP contribution in [0.5, 0.6) is 0 Å². The monoisotopic (exact) mass is 275 g/mol. The number of nitrogens with zero attached hydrogens (tertiary/aromatic N) is 2. The van der Waals surface area contributed by atoms with Gasteiger partial charge >= 0.3 is 0 Å². The van der Waals surface area contributed by atoms with E-state index in [4.69, 9.17) is 0 Å². The summed E-state index contributed by atoms with van der Waals surface area (Å²) in [7, 11) is 1.97. The molecule has 0 saturated carbocycles. The molecule has 4 heteroatoms. The molecule has 102 valence electrons. The highest BCUT2D eigenvalue weighted by molar-refractivity contribution is 7.14. The van der Waals surface area contributed by atoms with E-state index in [0.29, 0.717) is 5.92 Å². The summed E-state index contributed by atoms with van der Waals surface area (Å²) in [4.78, 5) is 0. The van der Waals surface area contributed by atoms with Crippen LogP contribution < -0.4 is 5.32 Å². The third kappa shape index (κ3) is 3.85. The van der Waals surface area contributed by atoms with E-state index in [1.54, 1.807) is 11.3 Å². The lowest BCUT2D eigenvalue weighted by molar-refractivity contribution is 0.718. The summed E-state index contributed by atoms with van der Waals surface area (Å²) in [6, 6.07) is 8.66. The maximum atomic E-state index is 4.29. The van der Waals surface area contributed by atoms with Crippen LogP contribution in [0.4, 0.5) is 0 Å². The molecular formula is C15H21N3S. The maximum Gasteiger partial charge on any atom is 0.147 e. The second-order valence-corrected chi connectivity index (χ2v) is 6.05. The van der Waals surface area contributed by atoms with Crippen LogP contribution in [0.15, 0.2) is 24.3 Å². The van der Waals surface area contributed by atoms with Gasteiger partial charge in [0.05, 0.1) is 0 Å². The van der Waals surface area contributed by atoms with Crippen molar-refractivity contribution >= 4 is 11.3 Å². The quantitative estimate of drug-likeness (QED) is 0.820. The van der Waals surface area contributed by atoms with Crippen LogP contribution in [-0.4, -0.2) is 23.8 Å². The predicted octanol–water partition coefficient (Wildman–Crippen LogP) is 3.48. The van der Waals surface area contributed by atoms with Crippen molar-refractivity contribution in [3.8, 4) is 10.6 Å². The molecule has 0 aliphatic heterocycles. The van der Waals surface area contributed by atoms with E-state index in [0.717, 1.165) is 29.4 Å². The average Bonchev–Trinajstić information content (AvgIpc) is 2.88. The van der Waals surface area contributed by atoms with Crippen molar-refractivity contribution in [1.29, 1.82) is 0 Å². The van der Waals surface area contributed by atoms with Crippen molar-refractivity contribution in [1.82, 2.24) is 15.5 Å². The third-order valence-electron chi connectivity index (χ3n) is 3.11. The number of rotatable bonds is 6. The van der Waals surface area contributed by atoms with Gasteiger partial charge in [0.2, 0.25) is 0 Å². The van der Waals surface area contributed by atoms with Gasteiger partial charge in [-0.05, 0) is 31.5 Å². The van der Waals surface area contributed by atoms with Crippen molar-refractivity contribution in [3.05, 3.63) is 34.8 Å². The normalized spacial score (nSPS) is 11.2. The first-order chi connectivity index (χ1) is 9.20. The van der Waals surface area contributed by atoms with E-state index < -0.39 is 0 Å². The Bertz CT molecular complexity index is 502. The van der Waals surface area contributed by atoms with E-state index in [1.165, 1.54) is 11.1 Å². The van der Waals surface area contributed by atoms with Crippen molar-refractivity contribution in [2.45, 2.75) is 32.6 Å². The summed E-state index contributed by atoms with van der Waals surface area (Å²) in [6.07, 6.45) is 2.11. The number of nitrogens with one attached hydrogen (secondary N) is 1. The minimum atomic E-state index is 0.570. The molecule has 0 unspecified atom stereocenters. The highest BCUT2D eigenvalue weighted by atomic mass is 32.1. The van der Waals surface area contributed by atoms with Crippen LogP contribution >= 0.6 is 11.3 Å². The summed E-state index contributed by atoms with van der Waals surface area (Å²) in [5, 5.41) is 13.8. The third-order valence-corrected chi connectivity index (χ3v) is 4.14. The van der Waals surface area contributed by atoms with Gasteiger partial charge in [0, 0.05) is 12.0 Å². The Balaban J connectivity index is 2.05. The molecule has 1 aromatic carbocycles. The minimum absolute atomic E-state index is 0.570. The Morgan fingerprint density at radius 1 is 1.16 bits per heavy atom. The van der Waals surface area contributed by atoms with Gasteiger partial charge in [-0.2, -0.15) is 0 Å². The van der Waals surface area contributed by atoms with E-state index in [-0.39, 0.29) is 0 Å². The van der Waals surface area contributed by atoms with Gasteiger partial charge in [0.15, 0.2) is 0 Å². The SMILES string of the molecule is CNCCCc1nnc(-c2ccc(C(C)C)cc2)s1. The zero-order valence-electron chi connectivity index (χ0n) is 11.8. The van der Waals surface area contributed by atoms with Crippen LogP contribution in [0.25, 0.3) is 10.6 Å². The number of aryl methyl sites for hydroxylation is 1. The Labute approximate surface area is 119 Å². The molecule has 0 radical (unpaired) electrons. The van der Waals surface area contributed by atoms with Crippen LogP contribution in [0.1, 0.15) is 36.8 Å². The van der Waals surface area contributed by atoms with Gasteiger partial charge in [-0.1, -0.05) is 49.4 Å². The number of hydrogen-bond donors (Lipinski definition) is 1. The summed E-state index contributed by atoms with van der Waals surface area (Å²) >= 11 is 1.70. The molecule has 0 bridgehead atoms. The second-order valence-electron chi connectivity index (χ2n) is 4.98. The van der Waals surface area contributed by atoms with Crippen molar-refractivity contribution in [2.24, 2.45) is 0 Å². The molecule has 0 aliphatic carbocycles. The standard InChI is InChI=1S/C15H21N3S/c1-11(2)12-6-8-13(9-7-12)15-18-17-14(19-15)5-4-10-16-3/h6-9,11,16H,4-5,10H2,1-3H3. The molecule has 0 fully saturated rings. The lowest BCUT2D eigenvalue weighted by Crippen LogP contribution is -2.08. The molecule has 2 rings (SSSR count). The van der Waals surface area contributed by atoms with Crippen LogP contribution in [0.2, 0.25) is 0 Å². The Morgan fingerprint density at radius 2 is 1.89 bits per heavy atom. The predicted molar refractivity (Wildman–Crippen MR) is 81.7 cm³/mol. The van der Waals surface area contributed by atoms with E-state index >= 15 is 0 Å².